The Kier molecular flexibility index (Phi) is 3.58. The summed E-state index contributed by atoms with van der Waals surface area (Å²) in [7, 11) is 0. The number of ether oxygens (including phenoxy) is 1. The maximum absolute atomic E-state index is 12.2. The first kappa shape index (κ1) is 13.9. The van der Waals surface area contributed by atoms with Crippen molar-refractivity contribution < 1.29 is 9.15 Å². The molecule has 0 saturated carbocycles. The highest BCUT2D eigenvalue weighted by atomic mass is 16.5. The molecule has 0 spiro atoms. The lowest BCUT2D eigenvalue weighted by atomic mass is 9.90. The topological polar surface area (TPSA) is 39.4 Å². The minimum absolute atomic E-state index is 0.183. The van der Waals surface area contributed by atoms with Crippen LogP contribution in [0.2, 0.25) is 0 Å². The molecule has 0 N–H and O–H groups in total. The number of benzene rings is 1. The number of hydrogen-bond acceptors (Lipinski definition) is 3. The predicted molar refractivity (Wildman–Crippen MR) is 84.2 cm³/mol. The standard InChI is InChI=1S/C18H20O3/c1-11(2)10-20-16-9-8-14-13-6-4-5-7-15(13)18(19)21-17(14)12(16)3/h8-9H,1,4-7,10H2,2-3H3. The highest BCUT2D eigenvalue weighted by Crippen LogP contribution is 2.32. The van der Waals surface area contributed by atoms with E-state index in [0.717, 1.165) is 53.5 Å². The average Bonchev–Trinajstić information content (AvgIpc) is 2.47. The highest BCUT2D eigenvalue weighted by Gasteiger charge is 2.19. The molecule has 0 aliphatic heterocycles. The minimum atomic E-state index is -0.183. The molecule has 1 heterocycles. The molecule has 0 atom stereocenters. The molecular weight excluding hydrogens is 264 g/mol. The molecule has 0 fully saturated rings. The molecule has 2 aromatic rings. The molecule has 3 nitrogen and oxygen atoms in total. The van der Waals surface area contributed by atoms with Crippen LogP contribution in [0.15, 0.2) is 33.5 Å². The molecular formula is C18H20O3. The van der Waals surface area contributed by atoms with Gasteiger partial charge >= 0.3 is 5.63 Å². The summed E-state index contributed by atoms with van der Waals surface area (Å²) in [5, 5.41) is 1.06. The van der Waals surface area contributed by atoms with Gasteiger partial charge in [-0.2, -0.15) is 0 Å². The lowest BCUT2D eigenvalue weighted by Gasteiger charge is -2.18. The third-order valence-corrected chi connectivity index (χ3v) is 4.06. The fourth-order valence-corrected chi connectivity index (χ4v) is 2.98. The molecule has 110 valence electrons. The summed E-state index contributed by atoms with van der Waals surface area (Å²) >= 11 is 0. The van der Waals surface area contributed by atoms with Crippen molar-refractivity contribution in [3.8, 4) is 5.75 Å². The van der Waals surface area contributed by atoms with E-state index in [0.29, 0.717) is 12.2 Å². The molecule has 3 heteroatoms. The molecule has 21 heavy (non-hydrogen) atoms. The van der Waals surface area contributed by atoms with Crippen LogP contribution < -0.4 is 10.4 Å². The van der Waals surface area contributed by atoms with Gasteiger partial charge in [0.25, 0.3) is 0 Å². The van der Waals surface area contributed by atoms with Crippen LogP contribution in [0, 0.1) is 6.92 Å². The lowest BCUT2D eigenvalue weighted by molar-refractivity contribution is 0.350. The van der Waals surface area contributed by atoms with Crippen LogP contribution in [0.5, 0.6) is 5.75 Å². The number of rotatable bonds is 3. The van der Waals surface area contributed by atoms with Crippen molar-refractivity contribution in [2.75, 3.05) is 6.61 Å². The molecule has 0 saturated heterocycles. The van der Waals surface area contributed by atoms with E-state index >= 15 is 0 Å². The van der Waals surface area contributed by atoms with Gasteiger partial charge in [-0.1, -0.05) is 6.58 Å². The summed E-state index contributed by atoms with van der Waals surface area (Å²) in [6.45, 7) is 8.17. The molecule has 1 aliphatic rings. The van der Waals surface area contributed by atoms with E-state index in [1.807, 2.05) is 26.0 Å². The smallest absolute Gasteiger partial charge is 0.339 e. The van der Waals surface area contributed by atoms with Gasteiger partial charge in [0.2, 0.25) is 0 Å². The van der Waals surface area contributed by atoms with E-state index in [9.17, 15) is 4.79 Å². The van der Waals surface area contributed by atoms with Gasteiger partial charge in [-0.05, 0) is 62.8 Å². The summed E-state index contributed by atoms with van der Waals surface area (Å²) in [6.07, 6.45) is 4.00. The SMILES string of the molecule is C=C(C)COc1ccc2c3c(c(=O)oc2c1C)CCCC3. The van der Waals surface area contributed by atoms with E-state index in [2.05, 4.69) is 6.58 Å². The highest BCUT2D eigenvalue weighted by molar-refractivity contribution is 5.86. The molecule has 0 amide bonds. The van der Waals surface area contributed by atoms with E-state index in [4.69, 9.17) is 9.15 Å². The Morgan fingerprint density at radius 3 is 2.71 bits per heavy atom. The third kappa shape index (κ3) is 2.48. The molecule has 1 aliphatic carbocycles. The lowest BCUT2D eigenvalue weighted by Crippen LogP contribution is -2.16. The maximum Gasteiger partial charge on any atom is 0.339 e. The van der Waals surface area contributed by atoms with Crippen molar-refractivity contribution in [1.29, 1.82) is 0 Å². The Morgan fingerprint density at radius 2 is 2.00 bits per heavy atom. The monoisotopic (exact) mass is 284 g/mol. The summed E-state index contributed by atoms with van der Waals surface area (Å²) in [5.41, 5.74) is 4.36. The second-order valence-corrected chi connectivity index (χ2v) is 5.86. The first-order valence-electron chi connectivity index (χ1n) is 7.43. The Hall–Kier alpha value is -2.03. The third-order valence-electron chi connectivity index (χ3n) is 4.06. The molecule has 0 radical (unpaired) electrons. The second-order valence-electron chi connectivity index (χ2n) is 5.86. The fraction of sp³-hybridized carbons (Fsp3) is 0.389. The fourth-order valence-electron chi connectivity index (χ4n) is 2.98. The van der Waals surface area contributed by atoms with Gasteiger partial charge in [0.05, 0.1) is 0 Å². The van der Waals surface area contributed by atoms with Crippen molar-refractivity contribution in [1.82, 2.24) is 0 Å². The number of aryl methyl sites for hydroxylation is 2. The van der Waals surface area contributed by atoms with Gasteiger partial charge in [-0.15, -0.1) is 0 Å². The summed E-state index contributed by atoms with van der Waals surface area (Å²) < 4.78 is 11.3. The van der Waals surface area contributed by atoms with Gasteiger partial charge in [0.1, 0.15) is 17.9 Å². The molecule has 1 aromatic heterocycles. The van der Waals surface area contributed by atoms with Crippen molar-refractivity contribution in [3.05, 3.63) is 51.4 Å². The summed E-state index contributed by atoms with van der Waals surface area (Å²) in [5.74, 6) is 0.754. The van der Waals surface area contributed by atoms with Crippen molar-refractivity contribution in [2.45, 2.75) is 39.5 Å². The normalized spacial score (nSPS) is 14.0. The van der Waals surface area contributed by atoms with Crippen LogP contribution in [0.1, 0.15) is 36.5 Å². The van der Waals surface area contributed by atoms with Crippen molar-refractivity contribution in [3.63, 3.8) is 0 Å². The van der Waals surface area contributed by atoms with Crippen molar-refractivity contribution >= 4 is 11.0 Å². The van der Waals surface area contributed by atoms with Crippen LogP contribution in [-0.4, -0.2) is 6.61 Å². The largest absolute Gasteiger partial charge is 0.489 e. The Morgan fingerprint density at radius 1 is 1.29 bits per heavy atom. The molecule has 1 aromatic carbocycles. The van der Waals surface area contributed by atoms with Crippen LogP contribution in [0.3, 0.4) is 0 Å². The first-order valence-corrected chi connectivity index (χ1v) is 7.43. The van der Waals surface area contributed by atoms with Gasteiger partial charge in [-0.3, -0.25) is 0 Å². The number of hydrogen-bond donors (Lipinski definition) is 0. The Balaban J connectivity index is 2.16. The Bertz CT molecular complexity index is 768. The van der Waals surface area contributed by atoms with Crippen molar-refractivity contribution in [2.24, 2.45) is 0 Å². The molecule has 3 rings (SSSR count). The van der Waals surface area contributed by atoms with Gasteiger partial charge in [0.15, 0.2) is 0 Å². The van der Waals surface area contributed by atoms with E-state index in [-0.39, 0.29) is 5.63 Å². The zero-order valence-electron chi connectivity index (χ0n) is 12.6. The number of fused-ring (bicyclic) bond motifs is 3. The van der Waals surface area contributed by atoms with Crippen LogP contribution in [0.4, 0.5) is 0 Å². The van der Waals surface area contributed by atoms with Crippen LogP contribution in [-0.2, 0) is 12.8 Å². The second kappa shape index (κ2) is 5.40. The van der Waals surface area contributed by atoms with Crippen LogP contribution in [0.25, 0.3) is 11.0 Å². The molecule has 0 unspecified atom stereocenters. The zero-order valence-corrected chi connectivity index (χ0v) is 12.6. The van der Waals surface area contributed by atoms with E-state index in [1.54, 1.807) is 0 Å². The summed E-state index contributed by atoms with van der Waals surface area (Å²) in [4.78, 5) is 12.2. The quantitative estimate of drug-likeness (QED) is 0.633. The average molecular weight is 284 g/mol. The van der Waals surface area contributed by atoms with Gasteiger partial charge < -0.3 is 9.15 Å². The zero-order chi connectivity index (χ0) is 15.0. The van der Waals surface area contributed by atoms with E-state index < -0.39 is 0 Å². The predicted octanol–water partition coefficient (Wildman–Crippen LogP) is 3.94. The minimum Gasteiger partial charge on any atom is -0.489 e. The Labute approximate surface area is 124 Å². The van der Waals surface area contributed by atoms with Gasteiger partial charge in [-0.25, -0.2) is 4.79 Å². The van der Waals surface area contributed by atoms with E-state index in [1.165, 1.54) is 5.56 Å². The molecule has 0 bridgehead atoms. The maximum atomic E-state index is 12.2. The van der Waals surface area contributed by atoms with Gasteiger partial charge in [0, 0.05) is 16.5 Å². The summed E-state index contributed by atoms with van der Waals surface area (Å²) in [6, 6.07) is 3.98. The first-order chi connectivity index (χ1) is 10.1. The van der Waals surface area contributed by atoms with Crippen LogP contribution >= 0.6 is 0 Å².